The molecule has 0 amide bonds. The van der Waals surface area contributed by atoms with Gasteiger partial charge in [0.1, 0.15) is 11.9 Å². The van der Waals surface area contributed by atoms with Gasteiger partial charge in [0.15, 0.2) is 11.6 Å². The molecule has 0 saturated carbocycles. The van der Waals surface area contributed by atoms with Gasteiger partial charge >= 0.3 is 0 Å². The Labute approximate surface area is 106 Å². The molecule has 0 heterocycles. The third-order valence-electron chi connectivity index (χ3n) is 2.55. The van der Waals surface area contributed by atoms with Crippen LogP contribution in [0.5, 0.6) is 0 Å². The van der Waals surface area contributed by atoms with Gasteiger partial charge in [-0.3, -0.25) is 0 Å². The van der Waals surface area contributed by atoms with Gasteiger partial charge in [0.05, 0.1) is 5.02 Å². The molecule has 0 saturated heterocycles. The van der Waals surface area contributed by atoms with Crippen molar-refractivity contribution in [2.45, 2.75) is 6.10 Å². The third kappa shape index (κ3) is 2.21. The molecule has 0 aromatic heterocycles. The molecular formula is C13H8ClF3O. The summed E-state index contributed by atoms with van der Waals surface area (Å²) in [6.07, 6.45) is -1.61. The van der Waals surface area contributed by atoms with Crippen LogP contribution in [0.1, 0.15) is 17.2 Å². The molecule has 94 valence electrons. The Morgan fingerprint density at radius 2 is 1.44 bits per heavy atom. The molecule has 2 rings (SSSR count). The highest BCUT2D eigenvalue weighted by Crippen LogP contribution is 2.29. The van der Waals surface area contributed by atoms with Gasteiger partial charge in [-0.1, -0.05) is 35.9 Å². The lowest BCUT2D eigenvalue weighted by molar-refractivity contribution is 0.208. The van der Waals surface area contributed by atoms with Crippen LogP contribution < -0.4 is 0 Å². The normalized spacial score (nSPS) is 12.5. The fourth-order valence-corrected chi connectivity index (χ4v) is 1.81. The van der Waals surface area contributed by atoms with E-state index in [0.717, 1.165) is 6.07 Å². The first-order valence-electron chi connectivity index (χ1n) is 5.08. The topological polar surface area (TPSA) is 20.2 Å². The van der Waals surface area contributed by atoms with Gasteiger partial charge in [-0.15, -0.1) is 0 Å². The van der Waals surface area contributed by atoms with Crippen LogP contribution in [0.2, 0.25) is 5.02 Å². The predicted octanol–water partition coefficient (Wildman–Crippen LogP) is 3.84. The predicted molar refractivity (Wildman–Crippen MR) is 61.8 cm³/mol. The third-order valence-corrected chi connectivity index (χ3v) is 2.84. The lowest BCUT2D eigenvalue weighted by Gasteiger charge is -2.14. The van der Waals surface area contributed by atoms with Crippen molar-refractivity contribution >= 4 is 11.6 Å². The Morgan fingerprint density at radius 3 is 2.11 bits per heavy atom. The van der Waals surface area contributed by atoms with Crippen LogP contribution in [-0.4, -0.2) is 5.11 Å². The van der Waals surface area contributed by atoms with Gasteiger partial charge in [0.25, 0.3) is 0 Å². The maximum absolute atomic E-state index is 13.7. The second kappa shape index (κ2) is 5.00. The molecule has 0 aliphatic rings. The first kappa shape index (κ1) is 12.9. The lowest BCUT2D eigenvalue weighted by atomic mass is 10.0. The zero-order valence-electron chi connectivity index (χ0n) is 9.00. The van der Waals surface area contributed by atoms with Crippen LogP contribution in [-0.2, 0) is 0 Å². The van der Waals surface area contributed by atoms with Crippen LogP contribution in [0.4, 0.5) is 13.2 Å². The summed E-state index contributed by atoms with van der Waals surface area (Å²) in [5.74, 6) is -3.16. The Morgan fingerprint density at radius 1 is 0.889 bits per heavy atom. The van der Waals surface area contributed by atoms with E-state index in [1.165, 1.54) is 30.3 Å². The highest BCUT2D eigenvalue weighted by molar-refractivity contribution is 6.30. The van der Waals surface area contributed by atoms with E-state index >= 15 is 0 Å². The summed E-state index contributed by atoms with van der Waals surface area (Å²) < 4.78 is 40.2. The molecule has 1 N–H and O–H groups in total. The number of halogens is 4. The van der Waals surface area contributed by atoms with Crippen molar-refractivity contribution in [3.63, 3.8) is 0 Å². The van der Waals surface area contributed by atoms with Crippen molar-refractivity contribution < 1.29 is 18.3 Å². The smallest absolute Gasteiger partial charge is 0.164 e. The highest BCUT2D eigenvalue weighted by atomic mass is 35.5. The first-order chi connectivity index (χ1) is 8.52. The number of aliphatic hydroxyl groups excluding tert-OH is 1. The molecular weight excluding hydrogens is 265 g/mol. The zero-order valence-corrected chi connectivity index (χ0v) is 9.76. The fourth-order valence-electron chi connectivity index (χ4n) is 1.63. The number of hydrogen-bond donors (Lipinski definition) is 1. The molecule has 2 aromatic carbocycles. The number of benzene rings is 2. The number of aliphatic hydroxyl groups is 1. The van der Waals surface area contributed by atoms with E-state index in [9.17, 15) is 18.3 Å². The summed E-state index contributed by atoms with van der Waals surface area (Å²) in [5.41, 5.74) is -0.539. The second-order valence-corrected chi connectivity index (χ2v) is 4.10. The molecule has 0 aliphatic heterocycles. The van der Waals surface area contributed by atoms with Crippen molar-refractivity contribution in [1.82, 2.24) is 0 Å². The van der Waals surface area contributed by atoms with Crippen molar-refractivity contribution in [2.24, 2.45) is 0 Å². The Kier molecular flexibility index (Phi) is 3.59. The van der Waals surface area contributed by atoms with E-state index < -0.39 is 23.6 Å². The Bertz CT molecular complexity index is 535. The largest absolute Gasteiger partial charge is 0.383 e. The van der Waals surface area contributed by atoms with Crippen LogP contribution in [0, 0.1) is 17.5 Å². The van der Waals surface area contributed by atoms with Crippen LogP contribution in [0.15, 0.2) is 36.4 Å². The minimum absolute atomic E-state index is 0.191. The quantitative estimate of drug-likeness (QED) is 0.881. The average molecular weight is 273 g/mol. The van der Waals surface area contributed by atoms with Gasteiger partial charge in [-0.2, -0.15) is 0 Å². The Balaban J connectivity index is 2.51. The molecule has 5 heteroatoms. The van der Waals surface area contributed by atoms with Crippen LogP contribution in [0.25, 0.3) is 0 Å². The number of rotatable bonds is 2. The highest BCUT2D eigenvalue weighted by Gasteiger charge is 2.21. The first-order valence-corrected chi connectivity index (χ1v) is 5.46. The molecule has 2 aromatic rings. The summed E-state index contributed by atoms with van der Waals surface area (Å²) in [4.78, 5) is 0. The summed E-state index contributed by atoms with van der Waals surface area (Å²) in [6.45, 7) is 0. The standard InChI is InChI=1S/C13H8ClF3O/c14-9-5-1-3-7(11(9)16)13(18)8-4-2-6-10(15)12(8)17/h1-6,13,18H. The van der Waals surface area contributed by atoms with E-state index in [2.05, 4.69) is 0 Å². The minimum Gasteiger partial charge on any atom is -0.383 e. The van der Waals surface area contributed by atoms with Crippen molar-refractivity contribution in [1.29, 1.82) is 0 Å². The summed E-state index contributed by atoms with van der Waals surface area (Å²) in [6, 6.07) is 7.31. The molecule has 18 heavy (non-hydrogen) atoms. The minimum atomic E-state index is -1.61. The van der Waals surface area contributed by atoms with Crippen molar-refractivity contribution in [2.75, 3.05) is 0 Å². The summed E-state index contributed by atoms with van der Waals surface area (Å²) in [5, 5.41) is 9.71. The molecule has 1 nitrogen and oxygen atoms in total. The van der Waals surface area contributed by atoms with E-state index in [-0.39, 0.29) is 16.1 Å². The van der Waals surface area contributed by atoms with E-state index in [1.807, 2.05) is 0 Å². The molecule has 0 aliphatic carbocycles. The summed E-state index contributed by atoms with van der Waals surface area (Å²) >= 11 is 5.56. The monoisotopic (exact) mass is 272 g/mol. The van der Waals surface area contributed by atoms with Crippen molar-refractivity contribution in [3.05, 3.63) is 70.0 Å². The number of hydrogen-bond acceptors (Lipinski definition) is 1. The molecule has 1 atom stereocenters. The van der Waals surface area contributed by atoms with E-state index in [1.54, 1.807) is 0 Å². The van der Waals surface area contributed by atoms with E-state index in [4.69, 9.17) is 11.6 Å². The van der Waals surface area contributed by atoms with Gasteiger partial charge in [-0.05, 0) is 12.1 Å². The van der Waals surface area contributed by atoms with Gasteiger partial charge < -0.3 is 5.11 Å². The van der Waals surface area contributed by atoms with Crippen LogP contribution in [0.3, 0.4) is 0 Å². The lowest BCUT2D eigenvalue weighted by Crippen LogP contribution is -2.06. The molecule has 0 radical (unpaired) electrons. The van der Waals surface area contributed by atoms with Crippen LogP contribution >= 0.6 is 11.6 Å². The maximum Gasteiger partial charge on any atom is 0.164 e. The van der Waals surface area contributed by atoms with E-state index in [0.29, 0.717) is 0 Å². The zero-order chi connectivity index (χ0) is 13.3. The van der Waals surface area contributed by atoms with Gasteiger partial charge in [-0.25, -0.2) is 13.2 Å². The van der Waals surface area contributed by atoms with Gasteiger partial charge in [0, 0.05) is 11.1 Å². The SMILES string of the molecule is OC(c1cccc(F)c1F)c1cccc(Cl)c1F. The molecule has 0 fully saturated rings. The Hall–Kier alpha value is -1.52. The molecule has 1 unspecified atom stereocenters. The van der Waals surface area contributed by atoms with Gasteiger partial charge in [0.2, 0.25) is 0 Å². The summed E-state index contributed by atoms with van der Waals surface area (Å²) in [7, 11) is 0. The maximum atomic E-state index is 13.7. The second-order valence-electron chi connectivity index (χ2n) is 3.69. The fraction of sp³-hybridized carbons (Fsp3) is 0.0769. The molecule has 0 bridgehead atoms. The average Bonchev–Trinajstić information content (AvgIpc) is 2.35. The van der Waals surface area contributed by atoms with Crippen molar-refractivity contribution in [3.8, 4) is 0 Å². The molecule has 0 spiro atoms.